The first kappa shape index (κ1) is 23.0. The summed E-state index contributed by atoms with van der Waals surface area (Å²) in [5, 5.41) is 3.72. The van der Waals surface area contributed by atoms with E-state index in [4.69, 9.17) is 0 Å². The summed E-state index contributed by atoms with van der Waals surface area (Å²) in [5.41, 5.74) is 4.41. The van der Waals surface area contributed by atoms with Crippen LogP contribution in [0.5, 0.6) is 0 Å². The number of hydrogen-bond donors (Lipinski definition) is 1. The molecule has 0 spiro atoms. The Morgan fingerprint density at radius 1 is 0.970 bits per heavy atom. The van der Waals surface area contributed by atoms with Crippen molar-refractivity contribution in [2.75, 3.05) is 18.4 Å². The third-order valence-corrected chi connectivity index (χ3v) is 6.54. The lowest BCUT2D eigenvalue weighted by Crippen LogP contribution is -2.43. The lowest BCUT2D eigenvalue weighted by Gasteiger charge is -2.32. The SMILES string of the molecule is Cc1ccc(C(=O)N2CCCC(C(=O)Nc3ccc(Sc4nc(C)cc(C)n4)cc3)C2)cc1. The van der Waals surface area contributed by atoms with Crippen LogP contribution >= 0.6 is 11.8 Å². The van der Waals surface area contributed by atoms with Gasteiger partial charge in [0.15, 0.2) is 5.16 Å². The van der Waals surface area contributed by atoms with E-state index in [2.05, 4.69) is 15.3 Å². The van der Waals surface area contributed by atoms with Gasteiger partial charge in [-0.15, -0.1) is 0 Å². The van der Waals surface area contributed by atoms with Gasteiger partial charge in [0, 0.05) is 40.6 Å². The van der Waals surface area contributed by atoms with E-state index in [-0.39, 0.29) is 17.7 Å². The molecule has 1 saturated heterocycles. The zero-order chi connectivity index (χ0) is 23.4. The summed E-state index contributed by atoms with van der Waals surface area (Å²) in [6, 6.07) is 17.2. The molecule has 0 radical (unpaired) electrons. The van der Waals surface area contributed by atoms with E-state index in [0.29, 0.717) is 23.8 Å². The second kappa shape index (κ2) is 10.2. The number of carbonyl (C=O) groups excluding carboxylic acids is 2. The predicted molar refractivity (Wildman–Crippen MR) is 131 cm³/mol. The van der Waals surface area contributed by atoms with Crippen LogP contribution in [-0.2, 0) is 4.79 Å². The summed E-state index contributed by atoms with van der Waals surface area (Å²) < 4.78 is 0. The Hall–Kier alpha value is -3.19. The number of likely N-dealkylation sites (tertiary alicyclic amines) is 1. The first-order chi connectivity index (χ1) is 15.9. The van der Waals surface area contributed by atoms with Gasteiger partial charge in [-0.1, -0.05) is 17.7 Å². The van der Waals surface area contributed by atoms with E-state index >= 15 is 0 Å². The molecule has 1 aliphatic rings. The second-order valence-electron chi connectivity index (χ2n) is 8.51. The van der Waals surface area contributed by atoms with Crippen LogP contribution in [0.4, 0.5) is 5.69 Å². The fraction of sp³-hybridized carbons (Fsp3) is 0.308. The van der Waals surface area contributed by atoms with E-state index in [1.807, 2.05) is 75.4 Å². The molecule has 6 nitrogen and oxygen atoms in total. The van der Waals surface area contributed by atoms with Gasteiger partial charge >= 0.3 is 0 Å². The highest BCUT2D eigenvalue weighted by molar-refractivity contribution is 7.99. The summed E-state index contributed by atoms with van der Waals surface area (Å²) in [5.74, 6) is -0.275. The van der Waals surface area contributed by atoms with Gasteiger partial charge in [0.25, 0.3) is 5.91 Å². The van der Waals surface area contributed by atoms with Crippen molar-refractivity contribution >= 4 is 29.3 Å². The summed E-state index contributed by atoms with van der Waals surface area (Å²) >= 11 is 1.49. The Labute approximate surface area is 198 Å². The van der Waals surface area contributed by atoms with Gasteiger partial charge < -0.3 is 10.2 Å². The zero-order valence-electron chi connectivity index (χ0n) is 19.2. The zero-order valence-corrected chi connectivity index (χ0v) is 20.0. The Balaban J connectivity index is 1.35. The second-order valence-corrected chi connectivity index (χ2v) is 9.55. The van der Waals surface area contributed by atoms with Crippen LogP contribution < -0.4 is 5.32 Å². The smallest absolute Gasteiger partial charge is 0.253 e. The number of aryl methyl sites for hydroxylation is 3. The molecule has 3 aromatic rings. The molecular weight excluding hydrogens is 432 g/mol. The maximum atomic E-state index is 12.9. The molecule has 1 aliphatic heterocycles. The molecule has 1 atom stereocenters. The molecule has 1 aromatic heterocycles. The van der Waals surface area contributed by atoms with E-state index < -0.39 is 0 Å². The Morgan fingerprint density at radius 2 is 1.64 bits per heavy atom. The quantitative estimate of drug-likeness (QED) is 0.540. The van der Waals surface area contributed by atoms with Crippen molar-refractivity contribution in [1.29, 1.82) is 0 Å². The van der Waals surface area contributed by atoms with E-state index in [1.54, 1.807) is 4.90 Å². The summed E-state index contributed by atoms with van der Waals surface area (Å²) in [6.07, 6.45) is 1.60. The molecule has 33 heavy (non-hydrogen) atoms. The van der Waals surface area contributed by atoms with Gasteiger partial charge in [0.05, 0.1) is 5.92 Å². The fourth-order valence-corrected chi connectivity index (χ4v) is 4.81. The maximum absolute atomic E-state index is 12.9. The van der Waals surface area contributed by atoms with Gasteiger partial charge in [0.1, 0.15) is 0 Å². The van der Waals surface area contributed by atoms with Crippen LogP contribution in [0.15, 0.2) is 64.6 Å². The van der Waals surface area contributed by atoms with Crippen molar-refractivity contribution in [2.45, 2.75) is 43.7 Å². The molecule has 2 amide bonds. The summed E-state index contributed by atoms with van der Waals surface area (Å²) in [6.45, 7) is 7.04. The average Bonchev–Trinajstić information content (AvgIpc) is 2.80. The number of piperidine rings is 1. The van der Waals surface area contributed by atoms with Crippen molar-refractivity contribution in [3.05, 3.63) is 77.1 Å². The number of benzene rings is 2. The molecule has 0 saturated carbocycles. The molecule has 1 fully saturated rings. The van der Waals surface area contributed by atoms with Crippen LogP contribution in [0, 0.1) is 26.7 Å². The Kier molecular flexibility index (Phi) is 7.08. The molecule has 0 bridgehead atoms. The summed E-state index contributed by atoms with van der Waals surface area (Å²) in [4.78, 5) is 37.5. The number of nitrogens with zero attached hydrogens (tertiary/aromatic N) is 3. The number of amides is 2. The number of anilines is 1. The highest BCUT2D eigenvalue weighted by atomic mass is 32.2. The molecule has 0 aliphatic carbocycles. The lowest BCUT2D eigenvalue weighted by atomic mass is 9.96. The topological polar surface area (TPSA) is 75.2 Å². The maximum Gasteiger partial charge on any atom is 0.253 e. The molecule has 2 aromatic carbocycles. The van der Waals surface area contributed by atoms with Crippen molar-refractivity contribution in [1.82, 2.24) is 14.9 Å². The minimum Gasteiger partial charge on any atom is -0.338 e. The standard InChI is InChI=1S/C26H28N4O2S/c1-17-6-8-20(9-7-17)25(32)30-14-4-5-21(16-30)24(31)29-22-10-12-23(13-11-22)33-26-27-18(2)15-19(3)28-26/h6-13,15,21H,4-5,14,16H2,1-3H3,(H,29,31). The Morgan fingerprint density at radius 3 is 2.30 bits per heavy atom. The molecule has 1 unspecified atom stereocenters. The third kappa shape index (κ3) is 5.99. The highest BCUT2D eigenvalue weighted by Gasteiger charge is 2.29. The van der Waals surface area contributed by atoms with Crippen molar-refractivity contribution in [3.63, 3.8) is 0 Å². The molecule has 2 heterocycles. The van der Waals surface area contributed by atoms with E-state index in [0.717, 1.165) is 40.4 Å². The molecule has 4 rings (SSSR count). The normalized spacial score (nSPS) is 15.8. The van der Waals surface area contributed by atoms with Gasteiger partial charge in [-0.2, -0.15) is 0 Å². The van der Waals surface area contributed by atoms with Crippen LogP contribution in [0.3, 0.4) is 0 Å². The van der Waals surface area contributed by atoms with Crippen LogP contribution in [0.1, 0.15) is 40.2 Å². The fourth-order valence-electron chi connectivity index (χ4n) is 3.95. The van der Waals surface area contributed by atoms with Crippen LogP contribution in [0.2, 0.25) is 0 Å². The van der Waals surface area contributed by atoms with Crippen LogP contribution in [0.25, 0.3) is 0 Å². The number of rotatable bonds is 5. The highest BCUT2D eigenvalue weighted by Crippen LogP contribution is 2.27. The number of aromatic nitrogens is 2. The van der Waals surface area contributed by atoms with Gasteiger partial charge in [-0.3, -0.25) is 9.59 Å². The van der Waals surface area contributed by atoms with Crippen molar-refractivity contribution in [3.8, 4) is 0 Å². The van der Waals surface area contributed by atoms with Gasteiger partial charge in [-0.05, 0) is 87.8 Å². The lowest BCUT2D eigenvalue weighted by molar-refractivity contribution is -0.121. The summed E-state index contributed by atoms with van der Waals surface area (Å²) in [7, 11) is 0. The molecule has 7 heteroatoms. The van der Waals surface area contributed by atoms with Gasteiger partial charge in [0.2, 0.25) is 5.91 Å². The van der Waals surface area contributed by atoms with Crippen molar-refractivity contribution in [2.24, 2.45) is 5.92 Å². The van der Waals surface area contributed by atoms with E-state index in [9.17, 15) is 9.59 Å². The number of nitrogens with one attached hydrogen (secondary N) is 1. The Bertz CT molecular complexity index is 1130. The third-order valence-electron chi connectivity index (χ3n) is 5.67. The van der Waals surface area contributed by atoms with E-state index in [1.165, 1.54) is 11.8 Å². The number of carbonyl (C=O) groups is 2. The van der Waals surface area contributed by atoms with Crippen molar-refractivity contribution < 1.29 is 9.59 Å². The first-order valence-electron chi connectivity index (χ1n) is 11.1. The monoisotopic (exact) mass is 460 g/mol. The van der Waals surface area contributed by atoms with Gasteiger partial charge in [-0.25, -0.2) is 9.97 Å². The average molecular weight is 461 g/mol. The predicted octanol–water partition coefficient (Wildman–Crippen LogP) is 5.04. The molecular formula is C26H28N4O2S. The molecule has 1 N–H and O–H groups in total. The van der Waals surface area contributed by atoms with Crippen LogP contribution in [-0.4, -0.2) is 39.8 Å². The number of hydrogen-bond acceptors (Lipinski definition) is 5. The minimum atomic E-state index is -0.217. The first-order valence-corrected chi connectivity index (χ1v) is 12.0. The minimum absolute atomic E-state index is 0.0116. The molecule has 170 valence electrons. The largest absolute Gasteiger partial charge is 0.338 e.